The molecule has 2 fully saturated rings. The van der Waals surface area contributed by atoms with Gasteiger partial charge in [-0.2, -0.15) is 0 Å². The van der Waals surface area contributed by atoms with Crippen LogP contribution in [0.5, 0.6) is 0 Å². The van der Waals surface area contributed by atoms with Gasteiger partial charge >= 0.3 is 129 Å². The molecule has 0 unspecified atom stereocenters. The van der Waals surface area contributed by atoms with Crippen molar-refractivity contribution in [1.82, 2.24) is 9.13 Å². The van der Waals surface area contributed by atoms with Crippen molar-refractivity contribution in [2.75, 3.05) is 0 Å². The average Bonchev–Trinajstić information content (AvgIpc) is 2.93. The Hall–Kier alpha value is 0.240. The van der Waals surface area contributed by atoms with Crippen molar-refractivity contribution >= 4 is 9.19 Å². The van der Waals surface area contributed by atoms with E-state index >= 15 is 0 Å². The summed E-state index contributed by atoms with van der Waals surface area (Å²) in [6.07, 6.45) is 18.5. The SMILES string of the molecule is [Cl][Au]=[c]1n(C2CCCCC2)ccn1C1CCCCC1. The molecule has 2 saturated carbocycles. The maximum atomic E-state index is 6.37. The van der Waals surface area contributed by atoms with Crippen molar-refractivity contribution in [3.63, 3.8) is 0 Å². The van der Waals surface area contributed by atoms with Gasteiger partial charge in [0.2, 0.25) is 0 Å². The number of halogens is 1. The molecule has 0 aliphatic heterocycles. The van der Waals surface area contributed by atoms with E-state index in [2.05, 4.69) is 21.5 Å². The molecule has 2 nitrogen and oxygen atoms in total. The first-order valence-corrected chi connectivity index (χ1v) is 11.5. The quantitative estimate of drug-likeness (QED) is 0.541. The van der Waals surface area contributed by atoms with E-state index < -0.39 is 0 Å². The van der Waals surface area contributed by atoms with Gasteiger partial charge in [-0.1, -0.05) is 0 Å². The second-order valence-electron chi connectivity index (χ2n) is 5.99. The first-order chi connectivity index (χ1) is 9.40. The summed E-state index contributed by atoms with van der Waals surface area (Å²) in [7, 11) is 6.37. The standard InChI is InChI=1S/C15H24N2.Au.ClH/c1-3-7-14(8-4-1)16-11-12-17(13-16)15-9-5-2-6-10-15;;/h11-12,14-15H,1-10H2;;1H/q;+1;/p-1. The van der Waals surface area contributed by atoms with Gasteiger partial charge in [0.05, 0.1) is 0 Å². The first-order valence-electron chi connectivity index (χ1n) is 7.71. The predicted octanol–water partition coefficient (Wildman–Crippen LogP) is 5.07. The molecule has 0 spiro atoms. The van der Waals surface area contributed by atoms with Gasteiger partial charge in [0.25, 0.3) is 0 Å². The van der Waals surface area contributed by atoms with Crippen LogP contribution < -0.4 is 0 Å². The number of nitrogens with zero attached hydrogens (tertiary/aromatic N) is 2. The van der Waals surface area contributed by atoms with E-state index in [1.54, 1.807) is 0 Å². The minimum atomic E-state index is -0.236. The molecule has 1 aromatic rings. The molecule has 1 aromatic heterocycles. The molecule has 0 N–H and O–H groups in total. The Kier molecular flexibility index (Phi) is 5.08. The van der Waals surface area contributed by atoms with Gasteiger partial charge in [-0.25, -0.2) is 0 Å². The molecule has 0 bridgehead atoms. The van der Waals surface area contributed by atoms with Crippen molar-refractivity contribution < 1.29 is 18.2 Å². The summed E-state index contributed by atoms with van der Waals surface area (Å²) in [5.41, 5.74) is 0. The summed E-state index contributed by atoms with van der Waals surface area (Å²) in [6, 6.07) is 1.45. The van der Waals surface area contributed by atoms with Gasteiger partial charge in [-0.15, -0.1) is 0 Å². The van der Waals surface area contributed by atoms with E-state index in [1.165, 1.54) is 67.8 Å². The number of hydrogen-bond donors (Lipinski definition) is 0. The molecule has 0 amide bonds. The van der Waals surface area contributed by atoms with Crippen LogP contribution in [0.25, 0.3) is 0 Å². The summed E-state index contributed by atoms with van der Waals surface area (Å²) in [5, 5.41) is 0. The molecule has 3 rings (SSSR count). The Balaban J connectivity index is 1.87. The molecule has 0 atom stereocenters. The second kappa shape index (κ2) is 6.80. The second-order valence-corrected chi connectivity index (χ2v) is 8.30. The van der Waals surface area contributed by atoms with Crippen molar-refractivity contribution in [2.45, 2.75) is 76.3 Å². The molecule has 4 heteroatoms. The Morgan fingerprint density at radius 3 is 1.58 bits per heavy atom. The molecule has 2 aliphatic carbocycles. The Labute approximate surface area is 128 Å². The molecule has 0 aromatic carbocycles. The zero-order chi connectivity index (χ0) is 13.1. The van der Waals surface area contributed by atoms with Crippen molar-refractivity contribution in [2.24, 2.45) is 0 Å². The van der Waals surface area contributed by atoms with Crippen LogP contribution in [0.4, 0.5) is 0 Å². The monoisotopic (exact) mass is 464 g/mol. The Morgan fingerprint density at radius 2 is 1.21 bits per heavy atom. The Morgan fingerprint density at radius 1 is 0.789 bits per heavy atom. The van der Waals surface area contributed by atoms with E-state index in [9.17, 15) is 0 Å². The summed E-state index contributed by atoms with van der Waals surface area (Å²) >= 11 is -0.236. The van der Waals surface area contributed by atoms with Gasteiger partial charge in [0.15, 0.2) is 0 Å². The van der Waals surface area contributed by atoms with Crippen LogP contribution in [0.3, 0.4) is 0 Å². The zero-order valence-electron chi connectivity index (χ0n) is 11.5. The molecule has 1 heterocycles. The average molecular weight is 465 g/mol. The van der Waals surface area contributed by atoms with Crippen LogP contribution in [-0.2, 0) is 18.2 Å². The van der Waals surface area contributed by atoms with Crippen LogP contribution >= 0.6 is 9.19 Å². The van der Waals surface area contributed by atoms with E-state index in [4.69, 9.17) is 9.19 Å². The number of hydrogen-bond acceptors (Lipinski definition) is 0. The van der Waals surface area contributed by atoms with E-state index in [0.717, 1.165) is 12.1 Å². The van der Waals surface area contributed by atoms with Crippen LogP contribution in [0.15, 0.2) is 12.4 Å². The molecule has 0 saturated heterocycles. The predicted molar refractivity (Wildman–Crippen MR) is 75.8 cm³/mol. The fourth-order valence-electron chi connectivity index (χ4n) is 3.68. The third-order valence-corrected chi connectivity index (χ3v) is 7.08. The first kappa shape index (κ1) is 14.2. The van der Waals surface area contributed by atoms with Gasteiger partial charge in [-0.3, -0.25) is 0 Å². The molecular formula is C15H24AuClN2. The zero-order valence-corrected chi connectivity index (χ0v) is 14.4. The summed E-state index contributed by atoms with van der Waals surface area (Å²) in [6.45, 7) is 0. The number of rotatable bonds is 2. The van der Waals surface area contributed by atoms with Crippen molar-refractivity contribution in [3.8, 4) is 0 Å². The van der Waals surface area contributed by atoms with Crippen molar-refractivity contribution in [1.29, 1.82) is 0 Å². The molecule has 112 valence electrons. The molecule has 19 heavy (non-hydrogen) atoms. The van der Waals surface area contributed by atoms with Crippen LogP contribution in [-0.4, -0.2) is 9.13 Å². The number of imidazole rings is 1. The molecule has 2 aliphatic rings. The summed E-state index contributed by atoms with van der Waals surface area (Å²) < 4.78 is 6.51. The number of aromatic nitrogens is 2. The van der Waals surface area contributed by atoms with Gasteiger partial charge < -0.3 is 0 Å². The third-order valence-electron chi connectivity index (χ3n) is 4.76. The van der Waals surface area contributed by atoms with E-state index in [1.807, 2.05) is 0 Å². The Bertz CT molecular complexity index is 426. The van der Waals surface area contributed by atoms with E-state index in [0.29, 0.717) is 0 Å². The van der Waals surface area contributed by atoms with Crippen LogP contribution in [0, 0.1) is 3.63 Å². The molecule has 0 radical (unpaired) electrons. The third kappa shape index (κ3) is 3.12. The van der Waals surface area contributed by atoms with E-state index in [-0.39, 0.29) is 18.2 Å². The molecular weight excluding hydrogens is 441 g/mol. The fraction of sp³-hybridized carbons (Fsp3) is 0.800. The van der Waals surface area contributed by atoms with Crippen LogP contribution in [0.2, 0.25) is 0 Å². The van der Waals surface area contributed by atoms with Gasteiger partial charge in [0, 0.05) is 0 Å². The summed E-state index contributed by atoms with van der Waals surface area (Å²) in [5.74, 6) is 0. The van der Waals surface area contributed by atoms with Crippen molar-refractivity contribution in [3.05, 3.63) is 16.0 Å². The topological polar surface area (TPSA) is 9.86 Å². The van der Waals surface area contributed by atoms with Crippen LogP contribution in [0.1, 0.15) is 76.3 Å². The summed E-state index contributed by atoms with van der Waals surface area (Å²) in [4.78, 5) is 0. The fourth-order valence-corrected chi connectivity index (χ4v) is 6.18. The maximum absolute atomic E-state index is 6.37. The van der Waals surface area contributed by atoms with Gasteiger partial charge in [0.1, 0.15) is 0 Å². The minimum absolute atomic E-state index is 0.236. The normalized spacial score (nSPS) is 23.0. The van der Waals surface area contributed by atoms with Gasteiger partial charge in [-0.05, 0) is 0 Å².